The molecule has 0 spiro atoms. The van der Waals surface area contributed by atoms with Gasteiger partial charge in [0.15, 0.2) is 5.82 Å². The number of hydrogen-bond acceptors (Lipinski definition) is 4. The SMILES string of the molecule is O=C(Nc1cccnc1-n1cccn1)NC1CCN2CCCCC12. The zero-order chi connectivity index (χ0) is 16.4. The van der Waals surface area contributed by atoms with Crippen molar-refractivity contribution in [3.63, 3.8) is 0 Å². The van der Waals surface area contributed by atoms with Crippen LogP contribution < -0.4 is 10.6 Å². The first-order valence-electron chi connectivity index (χ1n) is 8.58. The third-order valence-corrected chi connectivity index (χ3v) is 4.93. The lowest BCUT2D eigenvalue weighted by Gasteiger charge is -2.32. The third kappa shape index (κ3) is 2.99. The van der Waals surface area contributed by atoms with E-state index in [1.54, 1.807) is 23.1 Å². The van der Waals surface area contributed by atoms with Crippen LogP contribution in [-0.4, -0.2) is 50.9 Å². The lowest BCUT2D eigenvalue weighted by atomic mass is 9.99. The van der Waals surface area contributed by atoms with E-state index in [-0.39, 0.29) is 12.1 Å². The molecule has 0 bridgehead atoms. The van der Waals surface area contributed by atoms with E-state index in [9.17, 15) is 4.79 Å². The van der Waals surface area contributed by atoms with Gasteiger partial charge in [-0.25, -0.2) is 14.5 Å². The van der Waals surface area contributed by atoms with Gasteiger partial charge in [0.05, 0.1) is 5.69 Å². The van der Waals surface area contributed by atoms with Gasteiger partial charge in [-0.05, 0) is 44.0 Å². The molecule has 2 N–H and O–H groups in total. The van der Waals surface area contributed by atoms with E-state index in [2.05, 4.69) is 25.6 Å². The van der Waals surface area contributed by atoms with E-state index in [1.165, 1.54) is 19.3 Å². The molecule has 2 aliphatic rings. The van der Waals surface area contributed by atoms with E-state index in [0.29, 0.717) is 17.5 Å². The quantitative estimate of drug-likeness (QED) is 0.905. The maximum absolute atomic E-state index is 12.5. The largest absolute Gasteiger partial charge is 0.334 e. The predicted molar refractivity (Wildman–Crippen MR) is 91.1 cm³/mol. The summed E-state index contributed by atoms with van der Waals surface area (Å²) in [5, 5.41) is 10.3. The number of aromatic nitrogens is 3. The molecule has 2 fully saturated rings. The summed E-state index contributed by atoms with van der Waals surface area (Å²) in [6, 6.07) is 6.02. The number of pyridine rings is 1. The zero-order valence-electron chi connectivity index (χ0n) is 13.6. The molecule has 2 aliphatic heterocycles. The lowest BCUT2D eigenvalue weighted by Crippen LogP contribution is -2.48. The Kier molecular flexibility index (Phi) is 4.17. The molecule has 4 rings (SSSR count). The fourth-order valence-corrected chi connectivity index (χ4v) is 3.81. The summed E-state index contributed by atoms with van der Waals surface area (Å²) in [6.07, 6.45) is 9.92. The molecule has 0 aliphatic carbocycles. The van der Waals surface area contributed by atoms with Crippen molar-refractivity contribution in [1.29, 1.82) is 0 Å². The summed E-state index contributed by atoms with van der Waals surface area (Å²) in [7, 11) is 0. The van der Waals surface area contributed by atoms with Crippen LogP contribution in [0.15, 0.2) is 36.8 Å². The molecule has 2 unspecified atom stereocenters. The molecule has 2 aromatic heterocycles. The molecular weight excluding hydrogens is 304 g/mol. The van der Waals surface area contributed by atoms with Gasteiger partial charge in [-0.3, -0.25) is 4.90 Å². The number of urea groups is 1. The predicted octanol–water partition coefficient (Wildman–Crippen LogP) is 2.02. The van der Waals surface area contributed by atoms with E-state index < -0.39 is 0 Å². The van der Waals surface area contributed by atoms with E-state index in [4.69, 9.17) is 0 Å². The van der Waals surface area contributed by atoms with Crippen molar-refractivity contribution in [1.82, 2.24) is 25.0 Å². The number of amides is 2. The summed E-state index contributed by atoms with van der Waals surface area (Å²) in [4.78, 5) is 19.3. The minimum absolute atomic E-state index is 0.172. The topological polar surface area (TPSA) is 75.1 Å². The fourth-order valence-electron chi connectivity index (χ4n) is 3.81. The van der Waals surface area contributed by atoms with Crippen LogP contribution in [-0.2, 0) is 0 Å². The number of hydrogen-bond donors (Lipinski definition) is 2. The highest BCUT2D eigenvalue weighted by Crippen LogP contribution is 2.27. The number of carbonyl (C=O) groups is 1. The first-order valence-corrected chi connectivity index (χ1v) is 8.58. The van der Waals surface area contributed by atoms with Crippen LogP contribution in [0.2, 0.25) is 0 Å². The second-order valence-electron chi connectivity index (χ2n) is 6.42. The Labute approximate surface area is 141 Å². The van der Waals surface area contributed by atoms with Crippen molar-refractivity contribution in [3.8, 4) is 5.82 Å². The van der Waals surface area contributed by atoms with Gasteiger partial charge in [0, 0.05) is 37.2 Å². The number of piperidine rings is 1. The maximum Gasteiger partial charge on any atom is 0.319 e. The average molecular weight is 326 g/mol. The fraction of sp³-hybridized carbons (Fsp3) is 0.471. The van der Waals surface area contributed by atoms with Crippen molar-refractivity contribution in [3.05, 3.63) is 36.8 Å². The van der Waals surface area contributed by atoms with Crippen molar-refractivity contribution < 1.29 is 4.79 Å². The van der Waals surface area contributed by atoms with E-state index >= 15 is 0 Å². The first kappa shape index (κ1) is 15.1. The molecule has 7 heteroatoms. The molecular formula is C17H22N6O. The highest BCUT2D eigenvalue weighted by Gasteiger charge is 2.36. The molecule has 126 valence electrons. The summed E-state index contributed by atoms with van der Waals surface area (Å²) < 4.78 is 1.65. The van der Waals surface area contributed by atoms with Crippen LogP contribution >= 0.6 is 0 Å². The van der Waals surface area contributed by atoms with Gasteiger partial charge in [0.2, 0.25) is 0 Å². The van der Waals surface area contributed by atoms with Gasteiger partial charge in [0.1, 0.15) is 0 Å². The van der Waals surface area contributed by atoms with E-state index in [0.717, 1.165) is 19.5 Å². The average Bonchev–Trinajstić information content (AvgIpc) is 3.26. The third-order valence-electron chi connectivity index (χ3n) is 4.93. The molecule has 0 aromatic carbocycles. The van der Waals surface area contributed by atoms with Gasteiger partial charge in [-0.15, -0.1) is 0 Å². The lowest BCUT2D eigenvalue weighted by molar-refractivity contribution is 0.180. The Balaban J connectivity index is 1.44. The highest BCUT2D eigenvalue weighted by molar-refractivity contribution is 5.91. The van der Waals surface area contributed by atoms with Crippen LogP contribution in [0.25, 0.3) is 5.82 Å². The monoisotopic (exact) mass is 326 g/mol. The van der Waals surface area contributed by atoms with E-state index in [1.807, 2.05) is 18.3 Å². The van der Waals surface area contributed by atoms with Gasteiger partial charge in [-0.1, -0.05) is 6.42 Å². The molecule has 4 heterocycles. The Morgan fingerprint density at radius 1 is 1.17 bits per heavy atom. The molecule has 2 amide bonds. The molecule has 0 radical (unpaired) electrons. The second kappa shape index (κ2) is 6.60. The van der Waals surface area contributed by atoms with Crippen molar-refractivity contribution in [2.75, 3.05) is 18.4 Å². The molecule has 24 heavy (non-hydrogen) atoms. The Hall–Kier alpha value is -2.41. The molecule has 7 nitrogen and oxygen atoms in total. The normalized spacial score (nSPS) is 23.7. The number of anilines is 1. The molecule has 2 saturated heterocycles. The van der Waals surface area contributed by atoms with Crippen molar-refractivity contribution in [2.24, 2.45) is 0 Å². The summed E-state index contributed by atoms with van der Waals surface area (Å²) >= 11 is 0. The second-order valence-corrected chi connectivity index (χ2v) is 6.42. The number of carbonyl (C=O) groups excluding carboxylic acids is 1. The van der Waals surface area contributed by atoms with Crippen LogP contribution in [0.4, 0.5) is 10.5 Å². The number of nitrogens with zero attached hydrogens (tertiary/aromatic N) is 4. The van der Waals surface area contributed by atoms with Gasteiger partial charge in [0.25, 0.3) is 0 Å². The smallest absolute Gasteiger partial charge is 0.319 e. The highest BCUT2D eigenvalue weighted by atomic mass is 16.2. The minimum atomic E-state index is -0.172. The van der Waals surface area contributed by atoms with Crippen LogP contribution in [0, 0.1) is 0 Å². The van der Waals surface area contributed by atoms with Gasteiger partial charge < -0.3 is 10.6 Å². The molecule has 0 saturated carbocycles. The van der Waals surface area contributed by atoms with Crippen LogP contribution in [0.3, 0.4) is 0 Å². The molecule has 2 atom stereocenters. The summed E-state index contributed by atoms with van der Waals surface area (Å²) in [6.45, 7) is 2.25. The minimum Gasteiger partial charge on any atom is -0.334 e. The van der Waals surface area contributed by atoms with Crippen molar-refractivity contribution >= 4 is 11.7 Å². The number of fused-ring (bicyclic) bond motifs is 1. The van der Waals surface area contributed by atoms with Gasteiger partial charge in [-0.2, -0.15) is 5.10 Å². The Morgan fingerprint density at radius 2 is 2.12 bits per heavy atom. The van der Waals surface area contributed by atoms with Crippen molar-refractivity contribution in [2.45, 2.75) is 37.8 Å². The Morgan fingerprint density at radius 3 is 3.00 bits per heavy atom. The zero-order valence-corrected chi connectivity index (χ0v) is 13.6. The van der Waals surface area contributed by atoms with Gasteiger partial charge >= 0.3 is 6.03 Å². The Bertz CT molecular complexity index is 701. The first-order chi connectivity index (χ1) is 11.8. The van der Waals surface area contributed by atoms with Crippen LogP contribution in [0.5, 0.6) is 0 Å². The number of rotatable bonds is 3. The molecule has 2 aromatic rings. The maximum atomic E-state index is 12.5. The summed E-state index contributed by atoms with van der Waals surface area (Å²) in [5.41, 5.74) is 0.650. The summed E-state index contributed by atoms with van der Waals surface area (Å²) in [5.74, 6) is 0.614. The number of nitrogens with one attached hydrogen (secondary N) is 2. The standard InChI is InChI=1S/C17H22N6O/c24-17(20-13-7-12-22-10-2-1-6-15(13)22)21-14-5-3-8-18-16(14)23-11-4-9-19-23/h3-5,8-9,11,13,15H,1-2,6-7,10,12H2,(H2,20,21,24). The van der Waals surface area contributed by atoms with Crippen LogP contribution in [0.1, 0.15) is 25.7 Å².